The molecule has 1 aromatic heterocycles. The molecule has 9 heteroatoms. The van der Waals surface area contributed by atoms with Gasteiger partial charge < -0.3 is 0 Å². The molecular formula is C17H14ClFN4O2S. The Labute approximate surface area is 154 Å². The van der Waals surface area contributed by atoms with E-state index in [1.165, 1.54) is 12.1 Å². The van der Waals surface area contributed by atoms with Crippen LogP contribution >= 0.6 is 11.6 Å². The topological polar surface area (TPSA) is 98.6 Å². The van der Waals surface area contributed by atoms with Gasteiger partial charge in [0.05, 0.1) is 23.7 Å². The highest BCUT2D eigenvalue weighted by molar-refractivity contribution is 7.92. The molecule has 134 valence electrons. The number of nitrogens with zero attached hydrogens (tertiary/aromatic N) is 2. The molecule has 0 amide bonds. The molecule has 1 unspecified atom stereocenters. The molecule has 3 aromatic rings. The Hall–Kier alpha value is -2.63. The van der Waals surface area contributed by atoms with Crippen LogP contribution in [-0.2, 0) is 10.0 Å². The summed E-state index contributed by atoms with van der Waals surface area (Å²) in [7, 11) is -3.48. The van der Waals surface area contributed by atoms with E-state index in [0.717, 1.165) is 6.26 Å². The third kappa shape index (κ3) is 3.64. The van der Waals surface area contributed by atoms with Crippen molar-refractivity contribution in [2.45, 2.75) is 12.3 Å². The molecule has 0 saturated heterocycles. The van der Waals surface area contributed by atoms with Crippen LogP contribution in [-0.4, -0.2) is 24.9 Å². The molecule has 2 aromatic carbocycles. The standard InChI is InChI=1S/C17H14ClFN4O2S/c1-26(24,25)23-15-4-2-3-13-16(21-22-17(13)15)12(7-8-20)11-6-5-10(18)9-14(11)19/h2-6,9,12,23H,7H2,1H3,(H,21,22). The van der Waals surface area contributed by atoms with Gasteiger partial charge in [-0.15, -0.1) is 0 Å². The van der Waals surface area contributed by atoms with E-state index in [-0.39, 0.29) is 11.4 Å². The maximum Gasteiger partial charge on any atom is 0.229 e. The van der Waals surface area contributed by atoms with Gasteiger partial charge >= 0.3 is 0 Å². The van der Waals surface area contributed by atoms with Crippen LogP contribution < -0.4 is 4.72 Å². The van der Waals surface area contributed by atoms with Crippen molar-refractivity contribution in [2.75, 3.05) is 11.0 Å². The molecule has 0 aliphatic heterocycles. The lowest BCUT2D eigenvalue weighted by Crippen LogP contribution is -2.09. The number of para-hydroxylation sites is 1. The van der Waals surface area contributed by atoms with E-state index in [1.807, 2.05) is 0 Å². The highest BCUT2D eigenvalue weighted by atomic mass is 35.5. The van der Waals surface area contributed by atoms with Gasteiger partial charge in [0.15, 0.2) is 0 Å². The number of H-pyrrole nitrogens is 1. The zero-order valence-electron chi connectivity index (χ0n) is 13.6. The summed E-state index contributed by atoms with van der Waals surface area (Å²) in [6.07, 6.45) is 1.06. The molecule has 2 N–H and O–H groups in total. The zero-order chi connectivity index (χ0) is 18.9. The fourth-order valence-electron chi connectivity index (χ4n) is 2.85. The molecule has 26 heavy (non-hydrogen) atoms. The van der Waals surface area contributed by atoms with Crippen molar-refractivity contribution in [2.24, 2.45) is 0 Å². The predicted molar refractivity (Wildman–Crippen MR) is 98.0 cm³/mol. The monoisotopic (exact) mass is 392 g/mol. The first-order valence-electron chi connectivity index (χ1n) is 7.57. The number of aromatic amines is 1. The first-order valence-corrected chi connectivity index (χ1v) is 9.84. The molecule has 1 atom stereocenters. The van der Waals surface area contributed by atoms with Crippen molar-refractivity contribution < 1.29 is 12.8 Å². The third-order valence-corrected chi connectivity index (χ3v) is 4.72. The van der Waals surface area contributed by atoms with E-state index in [9.17, 15) is 18.1 Å². The van der Waals surface area contributed by atoms with Crippen molar-refractivity contribution in [3.05, 3.63) is 58.5 Å². The molecule has 0 aliphatic carbocycles. The number of halogens is 2. The van der Waals surface area contributed by atoms with Crippen LogP contribution in [0.5, 0.6) is 0 Å². The fraction of sp³-hybridized carbons (Fsp3) is 0.176. The Balaban J connectivity index is 2.16. The average Bonchev–Trinajstić information content (AvgIpc) is 2.97. The molecule has 0 aliphatic rings. The molecule has 0 bridgehead atoms. The number of rotatable bonds is 5. The van der Waals surface area contributed by atoms with E-state index < -0.39 is 21.8 Å². The Morgan fingerprint density at radius 1 is 1.38 bits per heavy atom. The minimum atomic E-state index is -3.48. The van der Waals surface area contributed by atoms with Gasteiger partial charge in [0.25, 0.3) is 0 Å². The zero-order valence-corrected chi connectivity index (χ0v) is 15.2. The van der Waals surface area contributed by atoms with Crippen molar-refractivity contribution in [3.63, 3.8) is 0 Å². The summed E-state index contributed by atoms with van der Waals surface area (Å²) in [4.78, 5) is 0. The van der Waals surface area contributed by atoms with Crippen LogP contribution in [0.4, 0.5) is 10.1 Å². The van der Waals surface area contributed by atoms with Gasteiger partial charge in [-0.2, -0.15) is 10.4 Å². The van der Waals surface area contributed by atoms with Crippen LogP contribution in [0.1, 0.15) is 23.6 Å². The molecular weight excluding hydrogens is 379 g/mol. The van der Waals surface area contributed by atoms with Crippen LogP contribution in [0, 0.1) is 17.1 Å². The number of fused-ring (bicyclic) bond motifs is 1. The number of nitriles is 1. The number of benzene rings is 2. The van der Waals surface area contributed by atoms with E-state index in [1.54, 1.807) is 24.3 Å². The van der Waals surface area contributed by atoms with Crippen molar-refractivity contribution in [1.82, 2.24) is 10.2 Å². The molecule has 3 rings (SSSR count). The number of anilines is 1. The Bertz CT molecular complexity index is 1120. The van der Waals surface area contributed by atoms with Gasteiger partial charge in [0.2, 0.25) is 10.0 Å². The maximum atomic E-state index is 14.4. The van der Waals surface area contributed by atoms with Gasteiger partial charge in [0.1, 0.15) is 11.3 Å². The average molecular weight is 393 g/mol. The van der Waals surface area contributed by atoms with E-state index in [0.29, 0.717) is 27.8 Å². The molecule has 0 spiro atoms. The first-order chi connectivity index (χ1) is 12.3. The number of hydrogen-bond acceptors (Lipinski definition) is 4. The minimum Gasteiger partial charge on any atom is -0.281 e. The summed E-state index contributed by atoms with van der Waals surface area (Å²) in [5.41, 5.74) is 1.54. The Morgan fingerprint density at radius 2 is 2.15 bits per heavy atom. The highest BCUT2D eigenvalue weighted by Gasteiger charge is 2.23. The summed E-state index contributed by atoms with van der Waals surface area (Å²) >= 11 is 5.81. The first kappa shape index (κ1) is 18.2. The predicted octanol–water partition coefficient (Wildman–Crippen LogP) is 3.77. The highest BCUT2D eigenvalue weighted by Crippen LogP contribution is 2.35. The molecule has 1 heterocycles. The number of hydrogen-bond donors (Lipinski definition) is 2. The minimum absolute atomic E-state index is 0.0135. The molecule has 0 radical (unpaired) electrons. The smallest absolute Gasteiger partial charge is 0.229 e. The van der Waals surface area contributed by atoms with E-state index in [4.69, 9.17) is 11.6 Å². The van der Waals surface area contributed by atoms with E-state index in [2.05, 4.69) is 21.0 Å². The van der Waals surface area contributed by atoms with Gasteiger partial charge in [0, 0.05) is 22.7 Å². The summed E-state index contributed by atoms with van der Waals surface area (Å²) < 4.78 is 39.9. The van der Waals surface area contributed by atoms with Crippen LogP contribution in [0.3, 0.4) is 0 Å². The number of nitrogens with one attached hydrogen (secondary N) is 2. The summed E-state index contributed by atoms with van der Waals surface area (Å²) in [5, 5.41) is 17.1. The molecule has 6 nitrogen and oxygen atoms in total. The molecule has 0 saturated carbocycles. The van der Waals surface area contributed by atoms with E-state index >= 15 is 0 Å². The Kier molecular flexibility index (Phi) is 4.85. The number of aromatic nitrogens is 2. The van der Waals surface area contributed by atoms with Gasteiger partial charge in [-0.3, -0.25) is 9.82 Å². The van der Waals surface area contributed by atoms with Crippen LogP contribution in [0.2, 0.25) is 5.02 Å². The van der Waals surface area contributed by atoms with Crippen molar-refractivity contribution in [3.8, 4) is 6.07 Å². The summed E-state index contributed by atoms with van der Waals surface area (Å²) in [6, 6.07) is 11.3. The SMILES string of the molecule is CS(=O)(=O)Nc1cccc2c(C(CC#N)c3ccc(Cl)cc3F)[nH]nc12. The van der Waals surface area contributed by atoms with Gasteiger partial charge in [-0.05, 0) is 23.8 Å². The summed E-state index contributed by atoms with van der Waals surface area (Å²) in [5.74, 6) is -1.12. The lowest BCUT2D eigenvalue weighted by molar-refractivity contribution is 0.595. The second-order valence-corrected chi connectivity index (χ2v) is 7.98. The van der Waals surface area contributed by atoms with Gasteiger partial charge in [-0.25, -0.2) is 12.8 Å². The third-order valence-electron chi connectivity index (χ3n) is 3.89. The second-order valence-electron chi connectivity index (χ2n) is 5.79. The lowest BCUT2D eigenvalue weighted by Gasteiger charge is -2.14. The second kappa shape index (κ2) is 6.94. The Morgan fingerprint density at radius 3 is 2.81 bits per heavy atom. The van der Waals surface area contributed by atoms with Crippen molar-refractivity contribution in [1.29, 1.82) is 5.26 Å². The molecule has 0 fully saturated rings. The van der Waals surface area contributed by atoms with Crippen LogP contribution in [0.15, 0.2) is 36.4 Å². The number of sulfonamides is 1. The van der Waals surface area contributed by atoms with Gasteiger partial charge in [-0.1, -0.05) is 29.8 Å². The normalized spacial score (nSPS) is 12.7. The fourth-order valence-corrected chi connectivity index (χ4v) is 3.57. The largest absolute Gasteiger partial charge is 0.281 e. The maximum absolute atomic E-state index is 14.4. The summed E-state index contributed by atoms with van der Waals surface area (Å²) in [6.45, 7) is 0. The lowest BCUT2D eigenvalue weighted by atomic mass is 9.90. The van der Waals surface area contributed by atoms with Crippen molar-refractivity contribution >= 4 is 38.2 Å². The van der Waals surface area contributed by atoms with Crippen LogP contribution in [0.25, 0.3) is 10.9 Å². The quantitative estimate of drug-likeness (QED) is 0.690.